The number of anilines is 1. The maximum atomic E-state index is 14.2. The number of nitrogens with zero attached hydrogens (tertiary/aromatic N) is 2. The van der Waals surface area contributed by atoms with E-state index in [2.05, 4.69) is 10.3 Å². The van der Waals surface area contributed by atoms with E-state index in [-0.39, 0.29) is 29.7 Å². The van der Waals surface area contributed by atoms with Crippen LogP contribution in [0.25, 0.3) is 21.7 Å². The van der Waals surface area contributed by atoms with Crippen molar-refractivity contribution in [1.82, 2.24) is 9.55 Å². The number of carbonyl (C=O) groups excluding carboxylic acids is 2. The highest BCUT2D eigenvalue weighted by molar-refractivity contribution is 6.19. The Kier molecular flexibility index (Phi) is 8.22. The number of methoxy groups -OCH3 is 3. The maximum absolute atomic E-state index is 14.2. The average Bonchev–Trinajstić information content (AvgIpc) is 3.77. The van der Waals surface area contributed by atoms with Crippen LogP contribution in [0.5, 0.6) is 17.2 Å². The Morgan fingerprint density at radius 2 is 1.80 bits per heavy atom. The Bertz CT molecular complexity index is 2020. The number of aromatic amines is 1. The summed E-state index contributed by atoms with van der Waals surface area (Å²) in [7, 11) is 6.20. The number of amides is 1. The molecule has 0 aliphatic heterocycles. The number of alkyl halides is 1. The molecule has 1 aliphatic rings. The molecular weight excluding hydrogens is 616 g/mol. The molecular formula is C33H31ClN4O8. The smallest absolute Gasteiger partial charge is 0.412 e. The number of carbonyl (C=O) groups is 2. The van der Waals surface area contributed by atoms with Gasteiger partial charge in [0.15, 0.2) is 17.3 Å². The van der Waals surface area contributed by atoms with Gasteiger partial charge in [-0.15, -0.1) is 11.6 Å². The summed E-state index contributed by atoms with van der Waals surface area (Å²) in [6.07, 6.45) is 1.22. The SMILES string of the molecule is COc1cc2cc(C(=O)C3CC(CCl)c4c3cc(NC(=O)OCc3c([N+](=O)[O-])ccn3C)c3ccccc43)[nH]c2c(OC)c1OC. The molecule has 46 heavy (non-hydrogen) atoms. The van der Waals surface area contributed by atoms with E-state index in [4.69, 9.17) is 30.5 Å². The summed E-state index contributed by atoms with van der Waals surface area (Å²) in [4.78, 5) is 41.3. The fourth-order valence-corrected chi connectivity index (χ4v) is 6.70. The number of aromatic nitrogens is 2. The third-order valence-corrected chi connectivity index (χ3v) is 8.93. The molecule has 3 aromatic carbocycles. The van der Waals surface area contributed by atoms with Crippen LogP contribution >= 0.6 is 11.6 Å². The van der Waals surface area contributed by atoms with Crippen molar-refractivity contribution in [2.75, 3.05) is 32.5 Å². The number of H-pyrrole nitrogens is 1. The molecule has 238 valence electrons. The number of nitrogens with one attached hydrogen (secondary N) is 2. The summed E-state index contributed by atoms with van der Waals surface area (Å²) in [5, 5.41) is 16.5. The third kappa shape index (κ3) is 5.14. The normalized spacial score (nSPS) is 15.5. The van der Waals surface area contributed by atoms with Gasteiger partial charge in [0.25, 0.3) is 5.69 Å². The molecule has 12 nitrogen and oxygen atoms in total. The summed E-state index contributed by atoms with van der Waals surface area (Å²) in [6.45, 7) is -0.302. The summed E-state index contributed by atoms with van der Waals surface area (Å²) in [5.41, 5.74) is 3.24. The standard InChI is InChI=1S/C33H31ClN4O8/c1-37-10-9-25(38(41)42)26(37)16-46-33(40)36-23-14-21-22(11-18(15-34)28(21)20-8-6-5-7-19(20)23)30(39)24-12-17-13-27(43-2)31(44-3)32(45-4)29(17)35-24/h5-10,12-14,18,22,35H,11,15-16H2,1-4H3,(H,36,40). The first kappa shape index (κ1) is 30.8. The molecule has 0 fully saturated rings. The number of fused-ring (bicyclic) bond motifs is 4. The van der Waals surface area contributed by atoms with Gasteiger partial charge in [-0.2, -0.15) is 0 Å². The van der Waals surface area contributed by atoms with Crippen molar-refractivity contribution in [2.24, 2.45) is 7.05 Å². The predicted molar refractivity (Wildman–Crippen MR) is 173 cm³/mol. The van der Waals surface area contributed by atoms with Crippen LogP contribution in [0.2, 0.25) is 0 Å². The number of halogens is 1. The van der Waals surface area contributed by atoms with Crippen LogP contribution in [0.1, 0.15) is 45.6 Å². The van der Waals surface area contributed by atoms with Gasteiger partial charge in [0, 0.05) is 41.9 Å². The van der Waals surface area contributed by atoms with Gasteiger partial charge in [-0.1, -0.05) is 24.3 Å². The Morgan fingerprint density at radius 3 is 2.48 bits per heavy atom. The maximum Gasteiger partial charge on any atom is 0.412 e. The summed E-state index contributed by atoms with van der Waals surface area (Å²) < 4.78 is 23.6. The molecule has 5 aromatic rings. The minimum Gasteiger partial charge on any atom is -0.493 e. The monoisotopic (exact) mass is 646 g/mol. The predicted octanol–water partition coefficient (Wildman–Crippen LogP) is 7.03. The van der Waals surface area contributed by atoms with Gasteiger partial charge in [-0.3, -0.25) is 20.2 Å². The Balaban J connectivity index is 1.37. The largest absolute Gasteiger partial charge is 0.493 e. The van der Waals surface area contributed by atoms with Crippen LogP contribution in [-0.2, 0) is 18.4 Å². The quantitative estimate of drug-likeness (QED) is 0.0711. The third-order valence-electron chi connectivity index (χ3n) is 8.56. The highest BCUT2D eigenvalue weighted by atomic mass is 35.5. The van der Waals surface area contributed by atoms with Gasteiger partial charge < -0.3 is 28.5 Å². The summed E-state index contributed by atoms with van der Waals surface area (Å²) in [6, 6.07) is 14.3. The van der Waals surface area contributed by atoms with Gasteiger partial charge >= 0.3 is 6.09 Å². The highest BCUT2D eigenvalue weighted by Gasteiger charge is 2.38. The van der Waals surface area contributed by atoms with E-state index in [1.165, 1.54) is 38.2 Å². The molecule has 2 aromatic heterocycles. The van der Waals surface area contributed by atoms with Crippen molar-refractivity contribution in [1.29, 1.82) is 0 Å². The van der Waals surface area contributed by atoms with Crippen LogP contribution < -0.4 is 19.5 Å². The molecule has 2 unspecified atom stereocenters. The lowest BCUT2D eigenvalue weighted by atomic mass is 9.91. The van der Waals surface area contributed by atoms with Gasteiger partial charge in [0.05, 0.1) is 43.2 Å². The first-order chi connectivity index (χ1) is 22.2. The minimum absolute atomic E-state index is 0.103. The Hall–Kier alpha value is -5.23. The fourth-order valence-electron chi connectivity index (χ4n) is 6.42. The van der Waals surface area contributed by atoms with Gasteiger partial charge in [0.2, 0.25) is 5.75 Å². The van der Waals surface area contributed by atoms with Crippen molar-refractivity contribution in [3.8, 4) is 17.2 Å². The molecule has 0 saturated carbocycles. The van der Waals surface area contributed by atoms with Crippen molar-refractivity contribution in [3.63, 3.8) is 0 Å². The number of hydrogen-bond acceptors (Lipinski definition) is 8. The van der Waals surface area contributed by atoms with Gasteiger partial charge in [-0.25, -0.2) is 4.79 Å². The van der Waals surface area contributed by atoms with Crippen molar-refractivity contribution < 1.29 is 33.5 Å². The van der Waals surface area contributed by atoms with Crippen molar-refractivity contribution in [3.05, 3.63) is 87.4 Å². The molecule has 2 heterocycles. The lowest BCUT2D eigenvalue weighted by Gasteiger charge is -2.16. The van der Waals surface area contributed by atoms with Crippen LogP contribution in [0.15, 0.2) is 54.7 Å². The Morgan fingerprint density at radius 1 is 1.07 bits per heavy atom. The number of ketones is 1. The molecule has 0 radical (unpaired) electrons. The van der Waals surface area contributed by atoms with E-state index in [0.717, 1.165) is 21.9 Å². The Labute approximate surface area is 268 Å². The molecule has 6 rings (SSSR count). The molecule has 13 heteroatoms. The zero-order chi connectivity index (χ0) is 32.7. The first-order valence-corrected chi connectivity index (χ1v) is 14.9. The topological polar surface area (TPSA) is 147 Å². The summed E-state index contributed by atoms with van der Waals surface area (Å²) in [5.74, 6) is 0.779. The van der Waals surface area contributed by atoms with E-state index < -0.39 is 16.9 Å². The first-order valence-electron chi connectivity index (χ1n) is 14.4. The van der Waals surface area contributed by atoms with Gasteiger partial charge in [-0.05, 0) is 47.1 Å². The van der Waals surface area contributed by atoms with Crippen LogP contribution in [0, 0.1) is 10.1 Å². The van der Waals surface area contributed by atoms with E-state index in [9.17, 15) is 19.7 Å². The molecule has 1 aliphatic carbocycles. The van der Waals surface area contributed by atoms with E-state index >= 15 is 0 Å². The lowest BCUT2D eigenvalue weighted by Crippen LogP contribution is -2.16. The molecule has 1 amide bonds. The van der Waals surface area contributed by atoms with E-state index in [0.29, 0.717) is 51.8 Å². The fraction of sp³-hybridized carbons (Fsp3) is 0.273. The molecule has 2 N–H and O–H groups in total. The van der Waals surface area contributed by atoms with E-state index in [1.807, 2.05) is 24.3 Å². The zero-order valence-corrected chi connectivity index (χ0v) is 26.3. The molecule has 2 atom stereocenters. The van der Waals surface area contributed by atoms with Crippen LogP contribution in [0.3, 0.4) is 0 Å². The molecule has 0 spiro atoms. The number of Topliss-reactive ketones (excluding diaryl/α,β-unsaturated/α-hetero) is 1. The van der Waals surface area contributed by atoms with Crippen LogP contribution in [0.4, 0.5) is 16.2 Å². The second kappa shape index (κ2) is 12.3. The number of aryl methyl sites for hydroxylation is 1. The highest BCUT2D eigenvalue weighted by Crippen LogP contribution is 2.50. The van der Waals surface area contributed by atoms with Crippen LogP contribution in [-0.4, -0.2) is 53.6 Å². The van der Waals surface area contributed by atoms with E-state index in [1.54, 1.807) is 25.2 Å². The second-order valence-electron chi connectivity index (χ2n) is 11.0. The lowest BCUT2D eigenvalue weighted by molar-refractivity contribution is -0.385. The number of rotatable bonds is 10. The second-order valence-corrected chi connectivity index (χ2v) is 11.3. The number of hydrogen-bond donors (Lipinski definition) is 2. The van der Waals surface area contributed by atoms with Crippen molar-refractivity contribution >= 4 is 56.5 Å². The number of benzene rings is 3. The average molecular weight is 647 g/mol. The zero-order valence-electron chi connectivity index (χ0n) is 25.5. The minimum atomic E-state index is -0.791. The molecule has 0 saturated heterocycles. The summed E-state index contributed by atoms with van der Waals surface area (Å²) >= 11 is 6.48. The van der Waals surface area contributed by atoms with Gasteiger partial charge in [0.1, 0.15) is 12.3 Å². The molecule has 0 bridgehead atoms. The number of nitro groups is 1. The van der Waals surface area contributed by atoms with Crippen molar-refractivity contribution in [2.45, 2.75) is 24.9 Å². The number of ether oxygens (including phenoxy) is 4.